The Morgan fingerprint density at radius 1 is 1.35 bits per heavy atom. The summed E-state index contributed by atoms with van der Waals surface area (Å²) < 4.78 is 0. The molecule has 0 unspecified atom stereocenters. The molecule has 1 heterocycles. The van der Waals surface area contributed by atoms with Crippen molar-refractivity contribution in [3.05, 3.63) is 16.1 Å². The molecule has 1 aromatic rings. The molecule has 0 radical (unpaired) electrons. The van der Waals surface area contributed by atoms with Crippen molar-refractivity contribution in [2.45, 2.75) is 53.0 Å². The van der Waals surface area contributed by atoms with E-state index in [0.717, 1.165) is 31.9 Å². The van der Waals surface area contributed by atoms with Gasteiger partial charge in [0.1, 0.15) is 0 Å². The van der Waals surface area contributed by atoms with Crippen LogP contribution in [0.25, 0.3) is 0 Å². The number of halogens is 1. The van der Waals surface area contributed by atoms with E-state index in [1.807, 2.05) is 6.20 Å². The number of hydrogen-bond acceptors (Lipinski definition) is 3. The number of aryl methyl sites for hydroxylation is 1. The van der Waals surface area contributed by atoms with Crippen molar-refractivity contribution in [2.75, 3.05) is 13.1 Å². The molecule has 0 bridgehead atoms. The van der Waals surface area contributed by atoms with Crippen LogP contribution in [-0.2, 0) is 12.8 Å². The van der Waals surface area contributed by atoms with Crippen LogP contribution in [-0.4, -0.2) is 29.6 Å². The zero-order valence-electron chi connectivity index (χ0n) is 13.1. The van der Waals surface area contributed by atoms with Crippen LogP contribution in [0.4, 0.5) is 0 Å². The van der Waals surface area contributed by atoms with Crippen molar-refractivity contribution in [2.24, 2.45) is 4.99 Å². The van der Waals surface area contributed by atoms with E-state index < -0.39 is 0 Å². The summed E-state index contributed by atoms with van der Waals surface area (Å²) in [7, 11) is 0. The third kappa shape index (κ3) is 8.04. The lowest BCUT2D eigenvalue weighted by atomic mass is 10.1. The lowest BCUT2D eigenvalue weighted by molar-refractivity contribution is 0.501. The van der Waals surface area contributed by atoms with Gasteiger partial charge in [0, 0.05) is 36.1 Å². The number of rotatable bonds is 5. The topological polar surface area (TPSA) is 49.3 Å². The average molecular weight is 410 g/mol. The predicted octanol–water partition coefficient (Wildman–Crippen LogP) is 3.22. The van der Waals surface area contributed by atoms with Crippen molar-refractivity contribution < 1.29 is 0 Å². The van der Waals surface area contributed by atoms with Gasteiger partial charge in [-0.05, 0) is 34.1 Å². The number of aromatic nitrogens is 1. The van der Waals surface area contributed by atoms with Gasteiger partial charge in [0.2, 0.25) is 0 Å². The first-order valence-electron chi connectivity index (χ1n) is 6.94. The first kappa shape index (κ1) is 19.6. The van der Waals surface area contributed by atoms with Crippen LogP contribution in [0, 0.1) is 0 Å². The number of hydrogen-bond donors (Lipinski definition) is 2. The first-order chi connectivity index (χ1) is 8.94. The Bertz CT molecular complexity index is 410. The molecule has 0 amide bonds. The van der Waals surface area contributed by atoms with E-state index in [2.05, 4.69) is 55.2 Å². The highest BCUT2D eigenvalue weighted by atomic mass is 127. The van der Waals surface area contributed by atoms with Crippen LogP contribution in [0.3, 0.4) is 0 Å². The SMILES string of the molecule is CCNC(=NCCc1ncc(CC)s1)NC(C)(C)C.I. The highest BCUT2D eigenvalue weighted by Gasteiger charge is 2.11. The number of thiazole rings is 1. The third-order valence-corrected chi connectivity index (χ3v) is 3.58. The predicted molar refractivity (Wildman–Crippen MR) is 99.5 cm³/mol. The van der Waals surface area contributed by atoms with Gasteiger partial charge in [0.25, 0.3) is 0 Å². The zero-order valence-corrected chi connectivity index (χ0v) is 16.3. The monoisotopic (exact) mass is 410 g/mol. The van der Waals surface area contributed by atoms with Gasteiger partial charge in [0.05, 0.1) is 5.01 Å². The van der Waals surface area contributed by atoms with E-state index in [1.165, 1.54) is 9.88 Å². The van der Waals surface area contributed by atoms with Crippen LogP contribution >= 0.6 is 35.3 Å². The number of guanidine groups is 1. The molecule has 0 fully saturated rings. The van der Waals surface area contributed by atoms with Crippen LogP contribution in [0.1, 0.15) is 44.5 Å². The second-order valence-corrected chi connectivity index (χ2v) is 6.66. The van der Waals surface area contributed by atoms with Gasteiger partial charge in [-0.2, -0.15) is 0 Å². The summed E-state index contributed by atoms with van der Waals surface area (Å²) in [5.74, 6) is 0.877. The summed E-state index contributed by atoms with van der Waals surface area (Å²) in [5.41, 5.74) is 0.0254. The quantitative estimate of drug-likeness (QED) is 0.445. The summed E-state index contributed by atoms with van der Waals surface area (Å²) in [6, 6.07) is 0. The fraction of sp³-hybridized carbons (Fsp3) is 0.714. The van der Waals surface area contributed by atoms with Crippen molar-refractivity contribution in [3.63, 3.8) is 0 Å². The van der Waals surface area contributed by atoms with Gasteiger partial charge in [0.15, 0.2) is 5.96 Å². The molecule has 0 saturated carbocycles. The van der Waals surface area contributed by atoms with Crippen LogP contribution in [0.2, 0.25) is 0 Å². The Hall–Kier alpha value is -0.370. The van der Waals surface area contributed by atoms with Gasteiger partial charge in [-0.15, -0.1) is 35.3 Å². The molecule has 1 rings (SSSR count). The largest absolute Gasteiger partial charge is 0.357 e. The highest BCUT2D eigenvalue weighted by Crippen LogP contribution is 2.13. The minimum absolute atomic E-state index is 0. The maximum atomic E-state index is 4.59. The molecular formula is C14H27IN4S. The summed E-state index contributed by atoms with van der Waals surface area (Å²) in [6.45, 7) is 12.3. The average Bonchev–Trinajstić information content (AvgIpc) is 2.75. The summed E-state index contributed by atoms with van der Waals surface area (Å²) in [5, 5.41) is 7.82. The van der Waals surface area contributed by atoms with Gasteiger partial charge in [-0.25, -0.2) is 4.98 Å². The maximum absolute atomic E-state index is 4.59. The molecule has 0 atom stereocenters. The van der Waals surface area contributed by atoms with Crippen LogP contribution in [0.5, 0.6) is 0 Å². The van der Waals surface area contributed by atoms with Crippen molar-refractivity contribution in [1.82, 2.24) is 15.6 Å². The van der Waals surface area contributed by atoms with E-state index in [4.69, 9.17) is 0 Å². The van der Waals surface area contributed by atoms with Gasteiger partial charge < -0.3 is 10.6 Å². The van der Waals surface area contributed by atoms with Gasteiger partial charge >= 0.3 is 0 Å². The van der Waals surface area contributed by atoms with Gasteiger partial charge in [-0.3, -0.25) is 4.99 Å². The first-order valence-corrected chi connectivity index (χ1v) is 7.76. The molecule has 0 spiro atoms. The zero-order chi connectivity index (χ0) is 14.3. The molecule has 2 N–H and O–H groups in total. The van der Waals surface area contributed by atoms with E-state index >= 15 is 0 Å². The molecule has 6 heteroatoms. The third-order valence-electron chi connectivity index (χ3n) is 2.38. The fourth-order valence-corrected chi connectivity index (χ4v) is 2.40. The second-order valence-electron chi connectivity index (χ2n) is 5.46. The van der Waals surface area contributed by atoms with E-state index in [0.29, 0.717) is 0 Å². The summed E-state index contributed by atoms with van der Waals surface area (Å²) in [6.07, 6.45) is 3.95. The molecule has 20 heavy (non-hydrogen) atoms. The van der Waals surface area contributed by atoms with Crippen LogP contribution < -0.4 is 10.6 Å². The Kier molecular flexibility index (Phi) is 9.37. The molecule has 0 aliphatic carbocycles. The smallest absolute Gasteiger partial charge is 0.191 e. The molecule has 0 aromatic carbocycles. The molecule has 0 saturated heterocycles. The van der Waals surface area contributed by atoms with E-state index in [1.54, 1.807) is 11.3 Å². The van der Waals surface area contributed by atoms with Crippen molar-refractivity contribution in [1.29, 1.82) is 0 Å². The molecule has 0 aliphatic heterocycles. The number of nitrogens with one attached hydrogen (secondary N) is 2. The molecule has 4 nitrogen and oxygen atoms in total. The summed E-state index contributed by atoms with van der Waals surface area (Å²) >= 11 is 1.79. The van der Waals surface area contributed by atoms with Gasteiger partial charge in [-0.1, -0.05) is 6.92 Å². The van der Waals surface area contributed by atoms with Crippen molar-refractivity contribution in [3.8, 4) is 0 Å². The second kappa shape index (κ2) is 9.55. The minimum Gasteiger partial charge on any atom is -0.357 e. The Labute approximate surface area is 143 Å². The number of nitrogens with zero attached hydrogens (tertiary/aromatic N) is 2. The molecular weight excluding hydrogens is 383 g/mol. The molecule has 116 valence electrons. The minimum atomic E-state index is 0. The standard InChI is InChI=1S/C14H26N4S.HI/c1-6-11-10-17-12(19-11)8-9-16-13(15-7-2)18-14(3,4)5;/h10H,6-9H2,1-5H3,(H2,15,16,18);1H. The Morgan fingerprint density at radius 2 is 2.05 bits per heavy atom. The Balaban J connectivity index is 0.00000361. The van der Waals surface area contributed by atoms with E-state index in [-0.39, 0.29) is 29.5 Å². The lowest BCUT2D eigenvalue weighted by Gasteiger charge is -2.23. The fourth-order valence-electron chi connectivity index (χ4n) is 1.55. The maximum Gasteiger partial charge on any atom is 0.191 e. The molecule has 0 aliphatic rings. The Morgan fingerprint density at radius 3 is 2.55 bits per heavy atom. The number of aliphatic imine (C=N–C) groups is 1. The molecule has 1 aromatic heterocycles. The van der Waals surface area contributed by atoms with E-state index in [9.17, 15) is 0 Å². The highest BCUT2D eigenvalue weighted by molar-refractivity contribution is 14.0. The normalized spacial score (nSPS) is 11.9. The lowest BCUT2D eigenvalue weighted by Crippen LogP contribution is -2.47. The summed E-state index contributed by atoms with van der Waals surface area (Å²) in [4.78, 5) is 10.3. The van der Waals surface area contributed by atoms with Crippen LogP contribution in [0.15, 0.2) is 11.2 Å². The van der Waals surface area contributed by atoms with Crippen molar-refractivity contribution >= 4 is 41.3 Å².